The van der Waals surface area contributed by atoms with E-state index >= 15 is 0 Å². The summed E-state index contributed by atoms with van der Waals surface area (Å²) in [7, 11) is -1.67. The lowest BCUT2D eigenvalue weighted by Gasteiger charge is -2.35. The number of aldehydes is 1. The third kappa shape index (κ3) is 4.25. The number of carbonyl (C=O) groups excluding carboxylic acids is 1. The lowest BCUT2D eigenvalue weighted by Crippen LogP contribution is -2.40. The van der Waals surface area contributed by atoms with Gasteiger partial charge >= 0.3 is 0 Å². The zero-order valence-electron chi connectivity index (χ0n) is 9.10. The van der Waals surface area contributed by atoms with Crippen LogP contribution < -0.4 is 0 Å². The molecule has 0 N–H and O–H groups in total. The van der Waals surface area contributed by atoms with E-state index in [1.54, 1.807) is 0 Å². The molecule has 0 aromatic rings. The Morgan fingerprint density at radius 3 is 2.31 bits per heavy atom. The van der Waals surface area contributed by atoms with Gasteiger partial charge in [-0.05, 0) is 24.1 Å². The van der Waals surface area contributed by atoms with E-state index in [1.165, 1.54) is 0 Å². The molecule has 0 rings (SSSR count). The fourth-order valence-electron chi connectivity index (χ4n) is 0.516. The summed E-state index contributed by atoms with van der Waals surface area (Å²) >= 11 is 0. The topological polar surface area (TPSA) is 26.3 Å². The maximum Gasteiger partial charge on any atom is 0.193 e. The summed E-state index contributed by atoms with van der Waals surface area (Å²) in [6.07, 6.45) is 0.592. The van der Waals surface area contributed by atoms with Crippen LogP contribution in [0.2, 0.25) is 18.1 Å². The first-order chi connectivity index (χ1) is 5.81. The molecule has 0 aromatic heterocycles. The van der Waals surface area contributed by atoms with Gasteiger partial charge in [-0.3, -0.25) is 4.79 Å². The zero-order valence-corrected chi connectivity index (χ0v) is 10.1. The van der Waals surface area contributed by atoms with Gasteiger partial charge in [0.25, 0.3) is 0 Å². The molecular weight excluding hydrogens is 180 g/mol. The highest BCUT2D eigenvalue weighted by molar-refractivity contribution is 6.74. The molecule has 74 valence electrons. The van der Waals surface area contributed by atoms with Crippen LogP contribution in [0.15, 0.2) is 0 Å². The van der Waals surface area contributed by atoms with Gasteiger partial charge in [0.15, 0.2) is 14.6 Å². The summed E-state index contributed by atoms with van der Waals surface area (Å²) < 4.78 is 5.70. The van der Waals surface area contributed by atoms with Crippen LogP contribution >= 0.6 is 0 Å². The van der Waals surface area contributed by atoms with Crippen molar-refractivity contribution in [2.45, 2.75) is 38.9 Å². The molecule has 0 amide bonds. The third-order valence-corrected chi connectivity index (χ3v) is 6.95. The Bertz CT molecular complexity index is 228. The molecular formula is C10H18O2Si. The van der Waals surface area contributed by atoms with Crippen LogP contribution in [0.25, 0.3) is 0 Å². The largest absolute Gasteiger partial charge is 0.406 e. The van der Waals surface area contributed by atoms with Crippen molar-refractivity contribution in [3.63, 3.8) is 0 Å². The van der Waals surface area contributed by atoms with Crippen LogP contribution in [0.5, 0.6) is 0 Å². The van der Waals surface area contributed by atoms with Crippen molar-refractivity contribution >= 4 is 14.6 Å². The van der Waals surface area contributed by atoms with Crippen molar-refractivity contribution in [2.75, 3.05) is 6.61 Å². The molecule has 0 spiro atoms. The molecule has 0 fully saturated rings. The lowest BCUT2D eigenvalue weighted by molar-refractivity contribution is -0.103. The quantitative estimate of drug-likeness (QED) is 0.386. The van der Waals surface area contributed by atoms with Crippen LogP contribution in [-0.2, 0) is 9.22 Å². The standard InChI is InChI=1S/C10H18O2Si/c1-10(2,3)13(4,5)12-9-7-6-8-11/h8H,9H2,1-5H3. The van der Waals surface area contributed by atoms with Gasteiger partial charge in [0.05, 0.1) is 6.61 Å². The molecule has 0 saturated heterocycles. The Balaban J connectivity index is 4.11. The monoisotopic (exact) mass is 198 g/mol. The minimum atomic E-state index is -1.67. The minimum absolute atomic E-state index is 0.204. The average Bonchev–Trinajstić information content (AvgIpc) is 1.96. The highest BCUT2D eigenvalue weighted by Crippen LogP contribution is 2.36. The van der Waals surface area contributed by atoms with E-state index in [0.717, 1.165) is 0 Å². The Hall–Kier alpha value is -0.593. The van der Waals surface area contributed by atoms with E-state index in [0.29, 0.717) is 12.9 Å². The summed E-state index contributed by atoms with van der Waals surface area (Å²) in [6.45, 7) is 11.2. The lowest BCUT2D eigenvalue weighted by atomic mass is 10.2. The molecule has 13 heavy (non-hydrogen) atoms. The van der Waals surface area contributed by atoms with Crippen LogP contribution in [-0.4, -0.2) is 21.2 Å². The van der Waals surface area contributed by atoms with Gasteiger partial charge in [0, 0.05) is 0 Å². The summed E-state index contributed by atoms with van der Waals surface area (Å²) in [5.41, 5.74) is 0. The third-order valence-electron chi connectivity index (χ3n) is 2.47. The van der Waals surface area contributed by atoms with Crippen LogP contribution in [0, 0.1) is 11.8 Å². The molecule has 0 radical (unpaired) electrons. The SMILES string of the molecule is CC(C)(C)[Si](C)(C)OCC#CC=O. The van der Waals surface area contributed by atoms with E-state index in [2.05, 4.69) is 45.7 Å². The van der Waals surface area contributed by atoms with Crippen molar-refractivity contribution in [3.05, 3.63) is 0 Å². The van der Waals surface area contributed by atoms with Gasteiger partial charge in [0.2, 0.25) is 0 Å². The van der Waals surface area contributed by atoms with Gasteiger partial charge in [0.1, 0.15) is 0 Å². The van der Waals surface area contributed by atoms with E-state index < -0.39 is 8.32 Å². The fraction of sp³-hybridized carbons (Fsp3) is 0.700. The number of carbonyl (C=O) groups is 1. The Labute approximate surface area is 81.8 Å². The van der Waals surface area contributed by atoms with Gasteiger partial charge in [-0.2, -0.15) is 0 Å². The van der Waals surface area contributed by atoms with Crippen molar-refractivity contribution in [3.8, 4) is 11.8 Å². The van der Waals surface area contributed by atoms with Crippen molar-refractivity contribution in [1.29, 1.82) is 0 Å². The minimum Gasteiger partial charge on any atom is -0.406 e. The van der Waals surface area contributed by atoms with E-state index in [4.69, 9.17) is 4.43 Å². The average molecular weight is 198 g/mol. The highest BCUT2D eigenvalue weighted by Gasteiger charge is 2.36. The molecule has 0 aliphatic heterocycles. The Morgan fingerprint density at radius 2 is 1.92 bits per heavy atom. The molecule has 0 unspecified atom stereocenters. The van der Waals surface area contributed by atoms with E-state index in [1.807, 2.05) is 0 Å². The second-order valence-electron chi connectivity index (χ2n) is 4.49. The molecule has 0 bridgehead atoms. The number of rotatable bonds is 2. The molecule has 0 aliphatic rings. The van der Waals surface area contributed by atoms with Gasteiger partial charge < -0.3 is 4.43 Å². The summed E-state index contributed by atoms with van der Waals surface area (Å²) in [6, 6.07) is 0. The first-order valence-electron chi connectivity index (χ1n) is 4.37. The van der Waals surface area contributed by atoms with Crippen LogP contribution in [0.3, 0.4) is 0 Å². The molecule has 2 nitrogen and oxygen atoms in total. The van der Waals surface area contributed by atoms with Crippen molar-refractivity contribution in [2.24, 2.45) is 0 Å². The summed E-state index contributed by atoms with van der Waals surface area (Å²) in [5, 5.41) is 0.204. The second kappa shape index (κ2) is 4.59. The fourth-order valence-corrected chi connectivity index (χ4v) is 1.38. The van der Waals surface area contributed by atoms with Crippen molar-refractivity contribution in [1.82, 2.24) is 0 Å². The van der Waals surface area contributed by atoms with Crippen LogP contribution in [0.1, 0.15) is 20.8 Å². The Kier molecular flexibility index (Phi) is 4.38. The Morgan fingerprint density at radius 1 is 1.38 bits per heavy atom. The van der Waals surface area contributed by atoms with Gasteiger partial charge in [-0.25, -0.2) is 0 Å². The van der Waals surface area contributed by atoms with E-state index in [9.17, 15) is 4.79 Å². The van der Waals surface area contributed by atoms with Gasteiger partial charge in [-0.1, -0.05) is 26.7 Å². The smallest absolute Gasteiger partial charge is 0.193 e. The number of hydrogen-bond acceptors (Lipinski definition) is 2. The molecule has 0 aromatic carbocycles. The first-order valence-corrected chi connectivity index (χ1v) is 7.28. The van der Waals surface area contributed by atoms with Gasteiger partial charge in [-0.15, -0.1) is 0 Å². The normalized spacial score (nSPS) is 11.8. The predicted octanol–water partition coefficient (Wildman–Crippen LogP) is 2.21. The highest BCUT2D eigenvalue weighted by atomic mass is 28.4. The molecule has 0 heterocycles. The van der Waals surface area contributed by atoms with E-state index in [-0.39, 0.29) is 5.04 Å². The zero-order chi connectivity index (χ0) is 10.5. The molecule has 0 atom stereocenters. The predicted molar refractivity (Wildman–Crippen MR) is 57.0 cm³/mol. The maximum absolute atomic E-state index is 9.91. The molecule has 3 heteroatoms. The summed E-state index contributed by atoms with van der Waals surface area (Å²) in [4.78, 5) is 9.91. The first kappa shape index (κ1) is 12.4. The van der Waals surface area contributed by atoms with Crippen LogP contribution in [0.4, 0.5) is 0 Å². The number of hydrogen-bond donors (Lipinski definition) is 0. The van der Waals surface area contributed by atoms with Crippen molar-refractivity contribution < 1.29 is 9.22 Å². The second-order valence-corrected chi connectivity index (χ2v) is 9.30. The molecule has 0 saturated carbocycles. The summed E-state index contributed by atoms with van der Waals surface area (Å²) in [5.74, 6) is 5.00. The molecule has 0 aliphatic carbocycles. The maximum atomic E-state index is 9.91.